The van der Waals surface area contributed by atoms with Crippen LogP contribution in [0.1, 0.15) is 55.1 Å². The third-order valence-corrected chi connectivity index (χ3v) is 5.81. The average Bonchev–Trinajstić information content (AvgIpc) is 3.42. The van der Waals surface area contributed by atoms with Gasteiger partial charge in [0.15, 0.2) is 0 Å². The highest BCUT2D eigenvalue weighted by Gasteiger charge is 2.30. The molecule has 0 saturated carbocycles. The predicted octanol–water partition coefficient (Wildman–Crippen LogP) is 2.40. The molecule has 0 N–H and O–H groups in total. The van der Waals surface area contributed by atoms with Gasteiger partial charge in [-0.15, -0.1) is 0 Å². The lowest BCUT2D eigenvalue weighted by Gasteiger charge is -2.32. The molecule has 30 heavy (non-hydrogen) atoms. The summed E-state index contributed by atoms with van der Waals surface area (Å²) < 4.78 is 16.1. The summed E-state index contributed by atoms with van der Waals surface area (Å²) in [5.74, 6) is -0.121. The molecule has 2 amide bonds. The van der Waals surface area contributed by atoms with Gasteiger partial charge in [-0.3, -0.25) is 14.4 Å². The fourth-order valence-corrected chi connectivity index (χ4v) is 4.13. The number of furan rings is 1. The van der Waals surface area contributed by atoms with Crippen molar-refractivity contribution in [1.29, 1.82) is 0 Å². The smallest absolute Gasteiger partial charge is 0.310 e. The zero-order valence-corrected chi connectivity index (χ0v) is 17.9. The van der Waals surface area contributed by atoms with Gasteiger partial charge in [0.05, 0.1) is 30.5 Å². The molecule has 2 aliphatic heterocycles. The Morgan fingerprint density at radius 2 is 2.10 bits per heavy atom. The van der Waals surface area contributed by atoms with Crippen molar-refractivity contribution in [3.63, 3.8) is 0 Å². The molecule has 0 spiro atoms. The second-order valence-corrected chi connectivity index (χ2v) is 7.96. The number of hydrogen-bond donors (Lipinski definition) is 0. The molecule has 0 bridgehead atoms. The summed E-state index contributed by atoms with van der Waals surface area (Å²) in [6.07, 6.45) is 5.13. The van der Waals surface area contributed by atoms with Gasteiger partial charge in [0.1, 0.15) is 5.76 Å². The Morgan fingerprint density at radius 3 is 2.77 bits per heavy atom. The van der Waals surface area contributed by atoms with E-state index in [2.05, 4.69) is 0 Å². The molecule has 1 aromatic rings. The van der Waals surface area contributed by atoms with Crippen LogP contribution >= 0.6 is 0 Å². The number of amides is 2. The molecule has 2 saturated heterocycles. The zero-order valence-electron chi connectivity index (χ0n) is 17.9. The molecule has 166 valence electrons. The van der Waals surface area contributed by atoms with Crippen LogP contribution in [-0.4, -0.2) is 73.1 Å². The van der Waals surface area contributed by atoms with Crippen LogP contribution < -0.4 is 0 Å². The number of esters is 1. The van der Waals surface area contributed by atoms with Crippen LogP contribution in [0, 0.1) is 12.8 Å². The Balaban J connectivity index is 1.59. The third kappa shape index (κ3) is 5.62. The van der Waals surface area contributed by atoms with Gasteiger partial charge in [-0.1, -0.05) is 0 Å². The number of hydrogen-bond acceptors (Lipinski definition) is 6. The Labute approximate surface area is 177 Å². The minimum atomic E-state index is -0.263. The Morgan fingerprint density at radius 1 is 1.27 bits per heavy atom. The van der Waals surface area contributed by atoms with Gasteiger partial charge >= 0.3 is 5.97 Å². The molecule has 2 aliphatic rings. The first-order valence-electron chi connectivity index (χ1n) is 10.9. The molecular formula is C22H32N2O6. The highest BCUT2D eigenvalue weighted by molar-refractivity contribution is 5.95. The maximum absolute atomic E-state index is 13.0. The number of nitrogens with zero attached hydrogens (tertiary/aromatic N) is 2. The standard InChI is InChI=1S/C22H32N2O6/c1-3-28-22(27)17-6-4-10-23(14-17)20(25)8-11-24(15-18-7-5-12-30-18)21(26)19-9-13-29-16(19)2/h9,13,17-18H,3-8,10-12,14-15H2,1-2H3. The van der Waals surface area contributed by atoms with Crippen LogP contribution in [-0.2, 0) is 19.1 Å². The number of piperidine rings is 1. The van der Waals surface area contributed by atoms with Crippen LogP contribution in [0.4, 0.5) is 0 Å². The van der Waals surface area contributed by atoms with Crippen molar-refractivity contribution in [3.8, 4) is 0 Å². The maximum Gasteiger partial charge on any atom is 0.310 e. The van der Waals surface area contributed by atoms with Gasteiger partial charge in [-0.05, 0) is 45.6 Å². The molecule has 2 fully saturated rings. The Bertz CT molecular complexity index is 740. The van der Waals surface area contributed by atoms with Gasteiger partial charge < -0.3 is 23.7 Å². The average molecular weight is 421 g/mol. The molecule has 0 radical (unpaired) electrons. The molecule has 1 aromatic heterocycles. The molecule has 3 rings (SSSR count). The number of ether oxygens (including phenoxy) is 2. The lowest BCUT2D eigenvalue weighted by Crippen LogP contribution is -2.45. The van der Waals surface area contributed by atoms with E-state index in [4.69, 9.17) is 13.9 Å². The summed E-state index contributed by atoms with van der Waals surface area (Å²) in [6.45, 7) is 6.38. The lowest BCUT2D eigenvalue weighted by molar-refractivity contribution is -0.151. The van der Waals surface area contributed by atoms with E-state index in [0.29, 0.717) is 50.7 Å². The number of carbonyl (C=O) groups excluding carboxylic acids is 3. The molecule has 2 unspecified atom stereocenters. The van der Waals surface area contributed by atoms with E-state index in [1.807, 2.05) is 0 Å². The molecule has 8 nitrogen and oxygen atoms in total. The number of likely N-dealkylation sites (tertiary alicyclic amines) is 1. The topological polar surface area (TPSA) is 89.3 Å². The molecule has 8 heteroatoms. The fourth-order valence-electron chi connectivity index (χ4n) is 4.13. The Hall–Kier alpha value is -2.35. The van der Waals surface area contributed by atoms with Crippen LogP contribution in [0.5, 0.6) is 0 Å². The summed E-state index contributed by atoms with van der Waals surface area (Å²) in [6, 6.07) is 1.66. The minimum absolute atomic E-state index is 0.000518. The van der Waals surface area contributed by atoms with E-state index < -0.39 is 0 Å². The van der Waals surface area contributed by atoms with Crippen LogP contribution in [0.15, 0.2) is 16.7 Å². The van der Waals surface area contributed by atoms with Crippen molar-refractivity contribution in [3.05, 3.63) is 23.7 Å². The fraction of sp³-hybridized carbons (Fsp3) is 0.682. The maximum atomic E-state index is 13.0. The van der Waals surface area contributed by atoms with Crippen LogP contribution in [0.2, 0.25) is 0 Å². The highest BCUT2D eigenvalue weighted by Crippen LogP contribution is 2.20. The van der Waals surface area contributed by atoms with Gasteiger partial charge in [0, 0.05) is 39.2 Å². The molecule has 2 atom stereocenters. The lowest BCUT2D eigenvalue weighted by atomic mass is 9.98. The first-order chi connectivity index (χ1) is 14.5. The van der Waals surface area contributed by atoms with Gasteiger partial charge in [0.25, 0.3) is 5.91 Å². The molecule has 0 aliphatic carbocycles. The number of rotatable bonds is 8. The van der Waals surface area contributed by atoms with Crippen molar-refractivity contribution in [2.45, 2.75) is 52.1 Å². The number of carbonyl (C=O) groups is 3. The van der Waals surface area contributed by atoms with Gasteiger partial charge in [-0.2, -0.15) is 0 Å². The van der Waals surface area contributed by atoms with E-state index >= 15 is 0 Å². The second kappa shape index (κ2) is 10.6. The summed E-state index contributed by atoms with van der Waals surface area (Å²) >= 11 is 0. The van der Waals surface area contributed by atoms with E-state index in [1.54, 1.807) is 29.7 Å². The van der Waals surface area contributed by atoms with E-state index in [-0.39, 0.29) is 36.2 Å². The van der Waals surface area contributed by atoms with Crippen molar-refractivity contribution in [2.75, 3.05) is 39.4 Å². The first kappa shape index (κ1) is 22.3. The molecule has 0 aromatic carbocycles. The molecule has 3 heterocycles. The first-order valence-corrected chi connectivity index (χ1v) is 10.9. The summed E-state index contributed by atoms with van der Waals surface area (Å²) in [5.41, 5.74) is 0.515. The van der Waals surface area contributed by atoms with Crippen LogP contribution in [0.25, 0.3) is 0 Å². The van der Waals surface area contributed by atoms with Gasteiger partial charge in [0.2, 0.25) is 5.91 Å². The second-order valence-electron chi connectivity index (χ2n) is 7.96. The normalized spacial score (nSPS) is 21.5. The van der Waals surface area contributed by atoms with E-state index in [9.17, 15) is 14.4 Å². The van der Waals surface area contributed by atoms with Crippen molar-refractivity contribution in [2.24, 2.45) is 5.92 Å². The number of aryl methyl sites for hydroxylation is 1. The Kier molecular flexibility index (Phi) is 7.90. The summed E-state index contributed by atoms with van der Waals surface area (Å²) in [7, 11) is 0. The minimum Gasteiger partial charge on any atom is -0.469 e. The van der Waals surface area contributed by atoms with Crippen molar-refractivity contribution in [1.82, 2.24) is 9.80 Å². The molecular weight excluding hydrogens is 388 g/mol. The van der Waals surface area contributed by atoms with Crippen molar-refractivity contribution < 1.29 is 28.3 Å². The quantitative estimate of drug-likeness (QED) is 0.600. The van der Waals surface area contributed by atoms with E-state index in [1.165, 1.54) is 6.26 Å². The van der Waals surface area contributed by atoms with Crippen LogP contribution in [0.3, 0.4) is 0 Å². The monoisotopic (exact) mass is 420 g/mol. The van der Waals surface area contributed by atoms with Gasteiger partial charge in [-0.25, -0.2) is 0 Å². The largest absolute Gasteiger partial charge is 0.469 e. The van der Waals surface area contributed by atoms with E-state index in [0.717, 1.165) is 25.7 Å². The summed E-state index contributed by atoms with van der Waals surface area (Å²) in [4.78, 5) is 41.3. The van der Waals surface area contributed by atoms with Crippen molar-refractivity contribution >= 4 is 17.8 Å². The summed E-state index contributed by atoms with van der Waals surface area (Å²) in [5, 5.41) is 0. The zero-order chi connectivity index (χ0) is 21.5. The predicted molar refractivity (Wildman–Crippen MR) is 109 cm³/mol. The SMILES string of the molecule is CCOC(=O)C1CCCN(C(=O)CCN(CC2CCCO2)C(=O)c2ccoc2C)C1. The third-order valence-electron chi connectivity index (χ3n) is 5.81. The highest BCUT2D eigenvalue weighted by atomic mass is 16.5.